The van der Waals surface area contributed by atoms with Gasteiger partial charge in [-0.2, -0.15) is 0 Å². The number of nitrogens with one attached hydrogen (secondary N) is 1. The number of amides is 1. The second-order valence-electron chi connectivity index (χ2n) is 11.4. The number of ether oxygens (including phenoxy) is 1. The van der Waals surface area contributed by atoms with Crippen LogP contribution in [-0.2, 0) is 32.7 Å². The van der Waals surface area contributed by atoms with E-state index in [1.165, 1.54) is 25.7 Å². The third-order valence-corrected chi connectivity index (χ3v) is 7.88. The van der Waals surface area contributed by atoms with Gasteiger partial charge in [0.25, 0.3) is 0 Å². The number of esters is 1. The van der Waals surface area contributed by atoms with Crippen LogP contribution in [-0.4, -0.2) is 64.9 Å². The first kappa shape index (κ1) is 43.7. The van der Waals surface area contributed by atoms with Crippen molar-refractivity contribution in [1.82, 2.24) is 5.32 Å². The van der Waals surface area contributed by atoms with Crippen molar-refractivity contribution in [2.24, 2.45) is 0 Å². The number of carboxylic acids is 1. The lowest BCUT2D eigenvalue weighted by Gasteiger charge is -2.18. The maximum atomic E-state index is 12.1. The van der Waals surface area contributed by atoms with Gasteiger partial charge >= 0.3 is 19.8 Å². The van der Waals surface area contributed by atoms with Crippen molar-refractivity contribution in [1.29, 1.82) is 0 Å². The number of carboxylic acid groups (broad SMARTS) is 1. The van der Waals surface area contributed by atoms with E-state index >= 15 is 0 Å². The lowest BCUT2D eigenvalue weighted by molar-refractivity contribution is -0.147. The van der Waals surface area contributed by atoms with Crippen LogP contribution in [0.1, 0.15) is 129 Å². The SMILES string of the molecule is CCCCC/C=C\C/C=C\C/C=C\CCCCCCCCC(=O)OCC(O)COP(=O)(O)OCC(NC(=O)CCCCC)C(=O)O. The highest BCUT2D eigenvalue weighted by molar-refractivity contribution is 7.47. The van der Waals surface area contributed by atoms with Crippen molar-refractivity contribution < 1.29 is 47.8 Å². The first-order chi connectivity index (χ1) is 22.1. The molecule has 0 rings (SSSR count). The molecule has 0 aliphatic rings. The minimum atomic E-state index is -4.73. The molecule has 0 heterocycles. The average molecular weight is 674 g/mol. The van der Waals surface area contributed by atoms with E-state index in [4.69, 9.17) is 4.74 Å². The summed E-state index contributed by atoms with van der Waals surface area (Å²) >= 11 is 0. The number of allylic oxidation sites excluding steroid dienone is 6. The van der Waals surface area contributed by atoms with Crippen LogP contribution in [0, 0.1) is 0 Å². The zero-order valence-electron chi connectivity index (χ0n) is 28.1. The van der Waals surface area contributed by atoms with Gasteiger partial charge in [0, 0.05) is 12.8 Å². The third kappa shape index (κ3) is 29.1. The zero-order chi connectivity index (χ0) is 34.3. The molecule has 266 valence electrons. The van der Waals surface area contributed by atoms with Crippen molar-refractivity contribution in [2.45, 2.75) is 142 Å². The molecule has 46 heavy (non-hydrogen) atoms. The summed E-state index contributed by atoms with van der Waals surface area (Å²) in [5.74, 6) is -2.43. The van der Waals surface area contributed by atoms with E-state index in [1.807, 2.05) is 6.92 Å². The average Bonchev–Trinajstić information content (AvgIpc) is 3.02. The number of rotatable bonds is 31. The monoisotopic (exact) mass is 673 g/mol. The maximum absolute atomic E-state index is 12.1. The fraction of sp³-hybridized carbons (Fsp3) is 0.735. The molecule has 0 aliphatic heterocycles. The molecule has 3 atom stereocenters. The Kier molecular flexibility index (Phi) is 28.6. The van der Waals surface area contributed by atoms with Gasteiger partial charge in [0.1, 0.15) is 12.7 Å². The molecule has 0 spiro atoms. The second kappa shape index (κ2) is 30.1. The second-order valence-corrected chi connectivity index (χ2v) is 12.8. The molecule has 12 heteroatoms. The number of hydrogen-bond donors (Lipinski definition) is 4. The minimum Gasteiger partial charge on any atom is -0.480 e. The molecule has 0 aliphatic carbocycles. The molecule has 0 saturated heterocycles. The van der Waals surface area contributed by atoms with Crippen LogP contribution in [0.2, 0.25) is 0 Å². The summed E-state index contributed by atoms with van der Waals surface area (Å²) in [5.41, 5.74) is 0. The van der Waals surface area contributed by atoms with Gasteiger partial charge in [0.15, 0.2) is 6.04 Å². The number of unbranched alkanes of at least 4 members (excludes halogenated alkanes) is 11. The van der Waals surface area contributed by atoms with E-state index in [1.54, 1.807) is 0 Å². The predicted molar refractivity (Wildman–Crippen MR) is 180 cm³/mol. The Hall–Kier alpha value is -2.30. The van der Waals surface area contributed by atoms with Gasteiger partial charge in [-0.1, -0.05) is 102 Å². The summed E-state index contributed by atoms with van der Waals surface area (Å²) in [4.78, 5) is 44.9. The van der Waals surface area contributed by atoms with Gasteiger partial charge in [-0.15, -0.1) is 0 Å². The van der Waals surface area contributed by atoms with Crippen LogP contribution in [0.3, 0.4) is 0 Å². The van der Waals surface area contributed by atoms with E-state index in [9.17, 15) is 34.1 Å². The Morgan fingerprint density at radius 3 is 1.80 bits per heavy atom. The van der Waals surface area contributed by atoms with Crippen LogP contribution < -0.4 is 5.32 Å². The molecule has 0 aromatic rings. The fourth-order valence-corrected chi connectivity index (χ4v) is 4.97. The van der Waals surface area contributed by atoms with E-state index < -0.39 is 57.6 Å². The molecule has 0 aromatic carbocycles. The van der Waals surface area contributed by atoms with Gasteiger partial charge in [0.05, 0.1) is 13.2 Å². The maximum Gasteiger partial charge on any atom is 0.472 e. The largest absolute Gasteiger partial charge is 0.480 e. The lowest BCUT2D eigenvalue weighted by Crippen LogP contribution is -2.43. The Morgan fingerprint density at radius 2 is 1.20 bits per heavy atom. The topological polar surface area (TPSA) is 169 Å². The normalized spacial score (nSPS) is 14.5. The van der Waals surface area contributed by atoms with Crippen LogP contribution in [0.5, 0.6) is 0 Å². The predicted octanol–water partition coefficient (Wildman–Crippen LogP) is 7.32. The van der Waals surface area contributed by atoms with E-state index in [0.717, 1.165) is 64.2 Å². The summed E-state index contributed by atoms with van der Waals surface area (Å²) in [6.07, 6.45) is 28.7. The smallest absolute Gasteiger partial charge is 0.472 e. The molecule has 0 fully saturated rings. The van der Waals surface area contributed by atoms with E-state index in [2.05, 4.69) is 57.7 Å². The van der Waals surface area contributed by atoms with Gasteiger partial charge in [0.2, 0.25) is 5.91 Å². The fourth-order valence-electron chi connectivity index (χ4n) is 4.20. The standard InChI is InChI=1S/C34H60NO10P/c1-3-5-7-8-9-10-11-12-13-14-15-16-17-18-19-20-21-22-24-26-33(38)43-27-30(36)28-44-46(41,42)45-29-31(34(39)40)35-32(37)25-23-6-4-2/h9-10,12-13,15-16,30-31,36H,3-8,11,14,17-29H2,1-2H3,(H,35,37)(H,39,40)(H,41,42)/b10-9-,13-12-,16-15-. The summed E-state index contributed by atoms with van der Waals surface area (Å²) < 4.78 is 26.4. The minimum absolute atomic E-state index is 0.130. The number of carbonyl (C=O) groups is 3. The lowest BCUT2D eigenvalue weighted by atomic mass is 10.1. The highest BCUT2D eigenvalue weighted by atomic mass is 31.2. The van der Waals surface area contributed by atoms with Crippen molar-refractivity contribution in [2.75, 3.05) is 19.8 Å². The molecule has 11 nitrogen and oxygen atoms in total. The number of hydrogen-bond acceptors (Lipinski definition) is 8. The van der Waals surface area contributed by atoms with Crippen LogP contribution in [0.4, 0.5) is 0 Å². The summed E-state index contributed by atoms with van der Waals surface area (Å²) in [6.45, 7) is 2.28. The molecule has 0 saturated carbocycles. The number of carbonyl (C=O) groups excluding carboxylic acids is 2. The number of phosphoric acid groups is 1. The molecule has 0 aromatic heterocycles. The van der Waals surface area contributed by atoms with Crippen LogP contribution in [0.25, 0.3) is 0 Å². The highest BCUT2D eigenvalue weighted by Gasteiger charge is 2.28. The molecular weight excluding hydrogens is 613 g/mol. The Labute approximate surface area is 276 Å². The van der Waals surface area contributed by atoms with Crippen molar-refractivity contribution >= 4 is 25.7 Å². The summed E-state index contributed by atoms with van der Waals surface area (Å²) in [6, 6.07) is -1.54. The zero-order valence-corrected chi connectivity index (χ0v) is 29.0. The number of aliphatic carboxylic acids is 1. The summed E-state index contributed by atoms with van der Waals surface area (Å²) in [7, 11) is -4.73. The van der Waals surface area contributed by atoms with Gasteiger partial charge < -0.3 is 25.2 Å². The van der Waals surface area contributed by atoms with Gasteiger partial charge in [-0.25, -0.2) is 9.36 Å². The first-order valence-electron chi connectivity index (χ1n) is 17.0. The number of aliphatic hydroxyl groups excluding tert-OH is 1. The molecular formula is C34H60NO10P. The first-order valence-corrected chi connectivity index (χ1v) is 18.5. The Bertz CT molecular complexity index is 937. The molecule has 0 bridgehead atoms. The summed E-state index contributed by atoms with van der Waals surface area (Å²) in [5, 5.41) is 21.4. The Morgan fingerprint density at radius 1 is 0.696 bits per heavy atom. The molecule has 0 radical (unpaired) electrons. The highest BCUT2D eigenvalue weighted by Crippen LogP contribution is 2.43. The third-order valence-electron chi connectivity index (χ3n) is 6.93. The van der Waals surface area contributed by atoms with Crippen molar-refractivity contribution in [3.8, 4) is 0 Å². The van der Waals surface area contributed by atoms with Crippen molar-refractivity contribution in [3.05, 3.63) is 36.5 Å². The number of aliphatic hydroxyl groups is 1. The van der Waals surface area contributed by atoms with E-state index in [0.29, 0.717) is 12.8 Å². The van der Waals surface area contributed by atoms with E-state index in [-0.39, 0.29) is 12.8 Å². The van der Waals surface area contributed by atoms with Crippen LogP contribution in [0.15, 0.2) is 36.5 Å². The quantitative estimate of drug-likeness (QED) is 0.0253. The van der Waals surface area contributed by atoms with Crippen molar-refractivity contribution in [3.63, 3.8) is 0 Å². The number of phosphoric ester groups is 1. The molecule has 3 unspecified atom stereocenters. The molecule has 1 amide bonds. The van der Waals surface area contributed by atoms with Gasteiger partial charge in [-0.05, 0) is 51.4 Å². The Balaban J connectivity index is 3.87. The van der Waals surface area contributed by atoms with Crippen LogP contribution >= 0.6 is 7.82 Å². The van der Waals surface area contributed by atoms with Gasteiger partial charge in [-0.3, -0.25) is 18.6 Å². The molecule has 4 N–H and O–H groups in total.